The van der Waals surface area contributed by atoms with Gasteiger partial charge < -0.3 is 15.0 Å². The highest BCUT2D eigenvalue weighted by molar-refractivity contribution is 6.05. The Morgan fingerprint density at radius 1 is 0.892 bits per heavy atom. The van der Waals surface area contributed by atoms with Crippen LogP contribution >= 0.6 is 0 Å². The van der Waals surface area contributed by atoms with Crippen molar-refractivity contribution < 1.29 is 27.9 Å². The fraction of sp³-hybridized carbons (Fsp3) is 0.464. The molecule has 0 spiro atoms. The Labute approximate surface area is 214 Å². The first-order valence-corrected chi connectivity index (χ1v) is 13.0. The third-order valence-corrected chi connectivity index (χ3v) is 7.55. The maximum Gasteiger partial charge on any atom is 0.255 e. The normalized spacial score (nSPS) is 22.1. The van der Waals surface area contributed by atoms with E-state index in [1.54, 1.807) is 17.0 Å². The van der Waals surface area contributed by atoms with E-state index in [1.165, 1.54) is 31.4 Å². The molecule has 1 atom stereocenters. The smallest absolute Gasteiger partial charge is 0.255 e. The zero-order valence-corrected chi connectivity index (χ0v) is 20.6. The summed E-state index contributed by atoms with van der Waals surface area (Å²) in [7, 11) is 0. The van der Waals surface area contributed by atoms with Crippen molar-refractivity contribution in [2.24, 2.45) is 0 Å². The number of ether oxygens (including phenoxy) is 1. The van der Waals surface area contributed by atoms with Gasteiger partial charge in [0.2, 0.25) is 11.8 Å². The van der Waals surface area contributed by atoms with E-state index >= 15 is 0 Å². The lowest BCUT2D eigenvalue weighted by Crippen LogP contribution is -2.52. The summed E-state index contributed by atoms with van der Waals surface area (Å²) in [4.78, 5) is 37.6. The maximum atomic E-state index is 12.7. The number of halogens is 2. The fourth-order valence-electron chi connectivity index (χ4n) is 5.29. The largest absolute Gasteiger partial charge is 0.490 e. The van der Waals surface area contributed by atoms with E-state index in [-0.39, 0.29) is 30.2 Å². The van der Waals surface area contributed by atoms with Gasteiger partial charge >= 0.3 is 0 Å². The number of hydrogen-bond donors (Lipinski definition) is 2. The molecule has 2 saturated heterocycles. The highest BCUT2D eigenvalue weighted by atomic mass is 19.2. The van der Waals surface area contributed by atoms with Gasteiger partial charge in [0, 0.05) is 37.5 Å². The Kier molecular flexibility index (Phi) is 7.50. The number of benzene rings is 2. The molecule has 0 aromatic heterocycles. The van der Waals surface area contributed by atoms with E-state index < -0.39 is 17.7 Å². The first kappa shape index (κ1) is 25.3. The molecule has 9 heteroatoms. The van der Waals surface area contributed by atoms with Crippen molar-refractivity contribution >= 4 is 17.7 Å². The molecule has 2 aromatic carbocycles. The molecule has 1 saturated carbocycles. The summed E-state index contributed by atoms with van der Waals surface area (Å²) in [6.45, 7) is 2.12. The van der Waals surface area contributed by atoms with Gasteiger partial charge in [-0.1, -0.05) is 12.5 Å². The van der Waals surface area contributed by atoms with Crippen LogP contribution < -0.4 is 15.4 Å². The molecule has 3 amide bonds. The molecule has 3 heterocycles. The minimum Gasteiger partial charge on any atom is -0.490 e. The predicted molar refractivity (Wildman–Crippen MR) is 132 cm³/mol. The van der Waals surface area contributed by atoms with Crippen molar-refractivity contribution in [1.29, 1.82) is 0 Å². The molecule has 2 aromatic rings. The fourth-order valence-corrected chi connectivity index (χ4v) is 5.29. The molecule has 3 aliphatic heterocycles. The van der Waals surface area contributed by atoms with Gasteiger partial charge in [-0.15, -0.1) is 0 Å². The molecule has 1 unspecified atom stereocenters. The maximum absolute atomic E-state index is 12.7. The third kappa shape index (κ3) is 5.66. The van der Waals surface area contributed by atoms with Gasteiger partial charge in [0.25, 0.3) is 5.91 Å². The van der Waals surface area contributed by atoms with Gasteiger partial charge in [-0.3, -0.25) is 19.7 Å². The molecular formula is C28H31F2N3O4. The van der Waals surface area contributed by atoms with Crippen molar-refractivity contribution in [3.05, 3.63) is 64.7 Å². The monoisotopic (exact) mass is 511 g/mol. The Morgan fingerprint density at radius 3 is 2.35 bits per heavy atom. The second kappa shape index (κ2) is 11.0. The van der Waals surface area contributed by atoms with Crippen molar-refractivity contribution in [2.75, 3.05) is 13.1 Å². The molecule has 1 aliphatic carbocycles. The minimum atomic E-state index is -0.772. The number of hydrogen-bond acceptors (Lipinski definition) is 5. The van der Waals surface area contributed by atoms with Crippen LogP contribution in [-0.2, 0) is 16.1 Å². The van der Waals surface area contributed by atoms with Crippen molar-refractivity contribution in [2.45, 2.75) is 69.6 Å². The van der Waals surface area contributed by atoms with Crippen LogP contribution in [0.4, 0.5) is 8.78 Å². The zero-order valence-electron chi connectivity index (χ0n) is 20.6. The van der Waals surface area contributed by atoms with E-state index in [9.17, 15) is 23.2 Å². The average Bonchev–Trinajstić information content (AvgIpc) is 3.17. The molecule has 37 heavy (non-hydrogen) atoms. The second-order valence-corrected chi connectivity index (χ2v) is 10.1. The van der Waals surface area contributed by atoms with Crippen LogP contribution in [0, 0.1) is 11.6 Å². The number of carbonyl (C=O) groups excluding carboxylic acids is 3. The molecule has 196 valence electrons. The number of rotatable bonds is 4. The summed E-state index contributed by atoms with van der Waals surface area (Å²) >= 11 is 0. The van der Waals surface area contributed by atoms with Gasteiger partial charge in [-0.2, -0.15) is 0 Å². The quantitative estimate of drug-likeness (QED) is 0.610. The lowest BCUT2D eigenvalue weighted by molar-refractivity contribution is -0.136. The molecule has 0 bridgehead atoms. The third-order valence-electron chi connectivity index (χ3n) is 7.55. The molecule has 7 nitrogen and oxygen atoms in total. The number of carbonyl (C=O) groups is 3. The van der Waals surface area contributed by atoms with Crippen molar-refractivity contribution in [1.82, 2.24) is 15.5 Å². The van der Waals surface area contributed by atoms with E-state index in [2.05, 4.69) is 10.6 Å². The molecule has 3 fully saturated rings. The molecule has 2 N–H and O–H groups in total. The van der Waals surface area contributed by atoms with Gasteiger partial charge in [-0.25, -0.2) is 8.78 Å². The number of imide groups is 1. The zero-order chi connectivity index (χ0) is 25.9. The second-order valence-electron chi connectivity index (χ2n) is 10.1. The Hall–Kier alpha value is -3.33. The Bertz CT molecular complexity index is 1190. The minimum absolute atomic E-state index is 0.145. The highest BCUT2D eigenvalue weighted by Gasteiger charge is 2.39. The van der Waals surface area contributed by atoms with Crippen LogP contribution in [-0.4, -0.2) is 47.9 Å². The van der Waals surface area contributed by atoms with Gasteiger partial charge in [0.1, 0.15) is 11.8 Å². The van der Waals surface area contributed by atoms with Gasteiger partial charge in [0.15, 0.2) is 11.6 Å². The van der Waals surface area contributed by atoms with E-state index in [4.69, 9.17) is 4.74 Å². The van der Waals surface area contributed by atoms with Crippen LogP contribution in [0.1, 0.15) is 72.3 Å². The molecular weight excluding hydrogens is 480 g/mol. The Balaban J connectivity index is 0.000000195. The van der Waals surface area contributed by atoms with Crippen molar-refractivity contribution in [3.8, 4) is 5.75 Å². The number of fused-ring (bicyclic) bond motifs is 1. The van der Waals surface area contributed by atoms with Crippen LogP contribution in [0.15, 0.2) is 36.4 Å². The van der Waals surface area contributed by atoms with Gasteiger partial charge in [0.05, 0.1) is 6.10 Å². The van der Waals surface area contributed by atoms with E-state index in [1.807, 2.05) is 12.1 Å². The van der Waals surface area contributed by atoms with E-state index in [0.29, 0.717) is 24.4 Å². The van der Waals surface area contributed by atoms with Crippen LogP contribution in [0.25, 0.3) is 0 Å². The number of nitrogens with one attached hydrogen (secondary N) is 2. The van der Waals surface area contributed by atoms with Crippen LogP contribution in [0.3, 0.4) is 0 Å². The van der Waals surface area contributed by atoms with Crippen molar-refractivity contribution in [3.63, 3.8) is 0 Å². The standard InChI is InChI=1S/C19H22N2O4.C9H9F2N/c22-17-9-8-16(18(23)20-17)21-11-12-10-14(6-7-15(12)19(21)24)25-13-4-2-1-3-5-13;10-8-2-1-6(3-9(8)11)7-4-12-5-7/h6-7,10,13,16H,1-5,8-9,11H2,(H,20,22,23);1-3,7,12H,4-5H2. The lowest BCUT2D eigenvalue weighted by atomic mass is 9.94. The summed E-state index contributed by atoms with van der Waals surface area (Å²) in [5.41, 5.74) is 2.40. The van der Waals surface area contributed by atoms with Crippen LogP contribution in [0.2, 0.25) is 0 Å². The predicted octanol–water partition coefficient (Wildman–Crippen LogP) is 3.81. The summed E-state index contributed by atoms with van der Waals surface area (Å²) < 4.78 is 31.3. The Morgan fingerprint density at radius 2 is 1.68 bits per heavy atom. The first-order chi connectivity index (χ1) is 17.9. The first-order valence-electron chi connectivity index (χ1n) is 13.0. The summed E-state index contributed by atoms with van der Waals surface area (Å²) in [6, 6.07) is 9.10. The molecule has 6 rings (SSSR count). The highest BCUT2D eigenvalue weighted by Crippen LogP contribution is 2.31. The number of amides is 3. The topological polar surface area (TPSA) is 87.7 Å². The van der Waals surface area contributed by atoms with Crippen LogP contribution in [0.5, 0.6) is 5.75 Å². The number of piperidine rings is 1. The lowest BCUT2D eigenvalue weighted by Gasteiger charge is -2.29. The van der Waals surface area contributed by atoms with Gasteiger partial charge in [-0.05, 0) is 73.6 Å². The molecule has 0 radical (unpaired) electrons. The van der Waals surface area contributed by atoms with E-state index in [0.717, 1.165) is 42.8 Å². The summed E-state index contributed by atoms with van der Waals surface area (Å²) in [5, 5.41) is 5.40. The average molecular weight is 512 g/mol. The SMILES string of the molecule is Fc1ccc(C2CNC2)cc1F.O=C1CCC(N2Cc3cc(OC4CCCCC4)ccc3C2=O)C(=O)N1. The number of nitrogens with zero attached hydrogens (tertiary/aromatic N) is 1. The molecule has 4 aliphatic rings. The summed E-state index contributed by atoms with van der Waals surface area (Å²) in [5.74, 6) is -1.16. The summed E-state index contributed by atoms with van der Waals surface area (Å²) in [6.07, 6.45) is 6.77.